The number of aromatic amines is 2. The van der Waals surface area contributed by atoms with E-state index in [9.17, 15) is 4.79 Å². The predicted molar refractivity (Wildman–Crippen MR) is 43.4 cm³/mol. The van der Waals surface area contributed by atoms with Gasteiger partial charge in [-0.1, -0.05) is 0 Å². The van der Waals surface area contributed by atoms with E-state index in [1.54, 1.807) is 18.7 Å². The molecule has 0 radical (unpaired) electrons. The first-order chi connectivity index (χ1) is 5.89. The Labute approximate surface area is 68.5 Å². The molecule has 0 amide bonds. The van der Waals surface area contributed by atoms with Crippen molar-refractivity contribution in [2.24, 2.45) is 0 Å². The Morgan fingerprint density at radius 2 is 2.00 bits per heavy atom. The summed E-state index contributed by atoms with van der Waals surface area (Å²) in [5.74, 6) is 0. The lowest BCUT2D eigenvalue weighted by molar-refractivity contribution is 1.14. The number of imidazole rings is 1. The van der Waals surface area contributed by atoms with Gasteiger partial charge in [-0.05, 0) is 0 Å². The van der Waals surface area contributed by atoms with Crippen molar-refractivity contribution < 1.29 is 0 Å². The van der Waals surface area contributed by atoms with Crippen LogP contribution in [0, 0.1) is 0 Å². The molecule has 0 atom stereocenters. The molecule has 0 saturated heterocycles. The fourth-order valence-electron chi connectivity index (χ4n) is 0.526. The van der Waals surface area contributed by atoms with Gasteiger partial charge in [-0.15, -0.1) is 0 Å². The molecule has 0 aliphatic rings. The number of aromatic nitrogens is 4. The van der Waals surface area contributed by atoms with Gasteiger partial charge in [0.05, 0.1) is 12.5 Å². The summed E-state index contributed by atoms with van der Waals surface area (Å²) in [6, 6.07) is 0. The van der Waals surface area contributed by atoms with E-state index < -0.39 is 0 Å². The SMILES string of the molecule is O=c1cncc[nH]1.c1c[nH]cn1. The van der Waals surface area contributed by atoms with Crippen molar-refractivity contribution in [3.8, 4) is 0 Å². The Morgan fingerprint density at radius 3 is 2.25 bits per heavy atom. The van der Waals surface area contributed by atoms with E-state index in [1.165, 1.54) is 18.6 Å². The molecule has 5 heteroatoms. The lowest BCUT2D eigenvalue weighted by Gasteiger charge is -1.73. The predicted octanol–water partition coefficient (Wildman–Crippen LogP) is 0.180. The van der Waals surface area contributed by atoms with Crippen LogP contribution in [0.5, 0.6) is 0 Å². The summed E-state index contributed by atoms with van der Waals surface area (Å²) in [6.45, 7) is 0. The van der Waals surface area contributed by atoms with E-state index in [-0.39, 0.29) is 5.56 Å². The average molecular weight is 164 g/mol. The van der Waals surface area contributed by atoms with Crippen LogP contribution in [0.4, 0.5) is 0 Å². The Bertz CT molecular complexity index is 306. The van der Waals surface area contributed by atoms with E-state index in [2.05, 4.69) is 19.9 Å². The molecule has 62 valence electrons. The highest BCUT2D eigenvalue weighted by Gasteiger charge is 1.70. The van der Waals surface area contributed by atoms with Crippen molar-refractivity contribution in [3.05, 3.63) is 47.7 Å². The zero-order chi connectivity index (χ0) is 8.65. The van der Waals surface area contributed by atoms with E-state index in [4.69, 9.17) is 0 Å². The molecule has 5 nitrogen and oxygen atoms in total. The smallest absolute Gasteiger partial charge is 0.266 e. The molecule has 0 aliphatic heterocycles. The maximum atomic E-state index is 10.2. The van der Waals surface area contributed by atoms with Crippen molar-refractivity contribution in [2.75, 3.05) is 0 Å². The Morgan fingerprint density at radius 1 is 1.17 bits per heavy atom. The maximum Gasteiger partial charge on any atom is 0.266 e. The standard InChI is InChI=1S/C4H4N2O.C3H4N2/c7-4-3-5-1-2-6-4;1-2-5-3-4-1/h1-3H,(H,6,7);1-3H,(H,4,5). The second kappa shape index (κ2) is 4.84. The third-order valence-electron chi connectivity index (χ3n) is 0.984. The highest BCUT2D eigenvalue weighted by atomic mass is 16.1. The highest BCUT2D eigenvalue weighted by molar-refractivity contribution is 4.73. The molecule has 0 bridgehead atoms. The highest BCUT2D eigenvalue weighted by Crippen LogP contribution is 1.62. The molecular weight excluding hydrogens is 156 g/mol. The number of hydrogen-bond donors (Lipinski definition) is 2. The van der Waals surface area contributed by atoms with Gasteiger partial charge in [-0.2, -0.15) is 0 Å². The summed E-state index contributed by atoms with van der Waals surface area (Å²) in [6.07, 6.45) is 9.31. The first kappa shape index (κ1) is 8.19. The van der Waals surface area contributed by atoms with E-state index in [0.29, 0.717) is 0 Å². The molecule has 2 rings (SSSR count). The van der Waals surface area contributed by atoms with Crippen LogP contribution in [0.15, 0.2) is 42.1 Å². The van der Waals surface area contributed by atoms with Crippen LogP contribution in [-0.4, -0.2) is 19.9 Å². The molecule has 2 aromatic heterocycles. The average Bonchev–Trinajstić information content (AvgIpc) is 2.62. The third kappa shape index (κ3) is 3.31. The molecular formula is C7H8N4O. The van der Waals surface area contributed by atoms with Crippen LogP contribution in [0.1, 0.15) is 0 Å². The summed E-state index contributed by atoms with van der Waals surface area (Å²) in [7, 11) is 0. The molecule has 0 fully saturated rings. The molecule has 2 heterocycles. The molecule has 0 unspecified atom stereocenters. The van der Waals surface area contributed by atoms with E-state index in [1.807, 2.05) is 0 Å². The van der Waals surface area contributed by atoms with Gasteiger partial charge in [0.1, 0.15) is 0 Å². The van der Waals surface area contributed by atoms with Crippen LogP contribution < -0.4 is 5.56 Å². The quantitative estimate of drug-likeness (QED) is 0.583. The Kier molecular flexibility index (Phi) is 3.30. The number of rotatable bonds is 0. The van der Waals surface area contributed by atoms with Crippen molar-refractivity contribution >= 4 is 0 Å². The van der Waals surface area contributed by atoms with Crippen LogP contribution in [0.3, 0.4) is 0 Å². The summed E-state index contributed by atoms with van der Waals surface area (Å²) >= 11 is 0. The maximum absolute atomic E-state index is 10.2. The largest absolute Gasteiger partial charge is 0.351 e. The number of nitrogens with zero attached hydrogens (tertiary/aromatic N) is 2. The van der Waals surface area contributed by atoms with Crippen molar-refractivity contribution in [2.45, 2.75) is 0 Å². The van der Waals surface area contributed by atoms with Crippen LogP contribution in [-0.2, 0) is 0 Å². The van der Waals surface area contributed by atoms with Gasteiger partial charge in [-0.3, -0.25) is 9.78 Å². The van der Waals surface area contributed by atoms with Crippen molar-refractivity contribution in [1.29, 1.82) is 0 Å². The topological polar surface area (TPSA) is 74.4 Å². The second-order valence-corrected chi connectivity index (χ2v) is 1.86. The van der Waals surface area contributed by atoms with Gasteiger partial charge in [0.25, 0.3) is 5.56 Å². The first-order valence-corrected chi connectivity index (χ1v) is 3.31. The van der Waals surface area contributed by atoms with E-state index in [0.717, 1.165) is 0 Å². The molecule has 12 heavy (non-hydrogen) atoms. The van der Waals surface area contributed by atoms with Crippen LogP contribution in [0.25, 0.3) is 0 Å². The van der Waals surface area contributed by atoms with Crippen LogP contribution in [0.2, 0.25) is 0 Å². The molecule has 0 aliphatic carbocycles. The van der Waals surface area contributed by atoms with Gasteiger partial charge in [0, 0.05) is 24.8 Å². The monoisotopic (exact) mass is 164 g/mol. The number of hydrogen-bond acceptors (Lipinski definition) is 3. The summed E-state index contributed by atoms with van der Waals surface area (Å²) in [5.41, 5.74) is -0.164. The zero-order valence-corrected chi connectivity index (χ0v) is 6.27. The normalized spacial score (nSPS) is 8.33. The van der Waals surface area contributed by atoms with Crippen molar-refractivity contribution in [1.82, 2.24) is 19.9 Å². The number of H-pyrrole nitrogens is 2. The fourth-order valence-corrected chi connectivity index (χ4v) is 0.526. The minimum atomic E-state index is -0.164. The van der Waals surface area contributed by atoms with Gasteiger partial charge in [0.15, 0.2) is 0 Å². The van der Waals surface area contributed by atoms with Gasteiger partial charge >= 0.3 is 0 Å². The lowest BCUT2D eigenvalue weighted by atomic mass is 10.8. The minimum Gasteiger partial charge on any atom is -0.351 e. The van der Waals surface area contributed by atoms with Crippen LogP contribution >= 0.6 is 0 Å². The summed E-state index contributed by atoms with van der Waals surface area (Å²) in [4.78, 5) is 22.5. The van der Waals surface area contributed by atoms with E-state index >= 15 is 0 Å². The molecule has 0 spiro atoms. The van der Waals surface area contributed by atoms with Gasteiger partial charge in [-0.25, -0.2) is 4.98 Å². The summed E-state index contributed by atoms with van der Waals surface area (Å²) in [5, 5.41) is 0. The Hall–Kier alpha value is -1.91. The van der Waals surface area contributed by atoms with Crippen molar-refractivity contribution in [3.63, 3.8) is 0 Å². The molecule has 2 aromatic rings. The molecule has 2 N–H and O–H groups in total. The van der Waals surface area contributed by atoms with Gasteiger partial charge < -0.3 is 9.97 Å². The first-order valence-electron chi connectivity index (χ1n) is 3.31. The third-order valence-corrected chi connectivity index (χ3v) is 0.984. The minimum absolute atomic E-state index is 0.164. The lowest BCUT2D eigenvalue weighted by Crippen LogP contribution is -2.01. The Balaban J connectivity index is 0.000000127. The van der Waals surface area contributed by atoms with Gasteiger partial charge in [0.2, 0.25) is 0 Å². The zero-order valence-electron chi connectivity index (χ0n) is 6.27. The summed E-state index contributed by atoms with van der Waals surface area (Å²) < 4.78 is 0. The second-order valence-electron chi connectivity index (χ2n) is 1.86. The number of nitrogens with one attached hydrogen (secondary N) is 2. The fraction of sp³-hybridized carbons (Fsp3) is 0. The molecule has 0 saturated carbocycles. The molecule has 0 aromatic carbocycles.